The van der Waals surface area contributed by atoms with Crippen LogP contribution in [0.2, 0.25) is 0 Å². The first-order valence-corrected chi connectivity index (χ1v) is 5.49. The van der Waals surface area contributed by atoms with Crippen molar-refractivity contribution >= 4 is 0 Å². The molecular formula is C11H21NO. The standard InChI is InChI=1S/C11H21NO/c1-9(13)10-3-6-12(7-10)8-11(2)4-5-11/h9-10,13H,3-8H2,1-2H3. The van der Waals surface area contributed by atoms with Gasteiger partial charge in [-0.3, -0.25) is 0 Å². The minimum atomic E-state index is -0.114. The van der Waals surface area contributed by atoms with Gasteiger partial charge in [-0.1, -0.05) is 6.92 Å². The SMILES string of the molecule is CC(O)C1CCN(CC2(C)CC2)C1. The topological polar surface area (TPSA) is 23.5 Å². The molecule has 76 valence electrons. The predicted molar refractivity (Wildman–Crippen MR) is 53.6 cm³/mol. The summed E-state index contributed by atoms with van der Waals surface area (Å²) in [6, 6.07) is 0. The highest BCUT2D eigenvalue weighted by molar-refractivity contribution is 4.93. The van der Waals surface area contributed by atoms with Gasteiger partial charge in [-0.05, 0) is 44.1 Å². The van der Waals surface area contributed by atoms with Crippen molar-refractivity contribution in [3.8, 4) is 0 Å². The maximum atomic E-state index is 9.46. The van der Waals surface area contributed by atoms with Crippen LogP contribution < -0.4 is 0 Å². The largest absolute Gasteiger partial charge is 0.393 e. The molecule has 0 spiro atoms. The summed E-state index contributed by atoms with van der Waals surface area (Å²) < 4.78 is 0. The predicted octanol–water partition coefficient (Wildman–Crippen LogP) is 1.49. The molecule has 2 unspecified atom stereocenters. The third kappa shape index (κ3) is 2.23. The molecular weight excluding hydrogens is 162 g/mol. The van der Waals surface area contributed by atoms with Crippen LogP contribution in [-0.4, -0.2) is 35.7 Å². The lowest BCUT2D eigenvalue weighted by Crippen LogP contribution is -2.29. The number of hydrogen-bond donors (Lipinski definition) is 1. The summed E-state index contributed by atoms with van der Waals surface area (Å²) in [6.45, 7) is 7.88. The van der Waals surface area contributed by atoms with Gasteiger partial charge in [0.15, 0.2) is 0 Å². The normalized spacial score (nSPS) is 34.8. The average molecular weight is 183 g/mol. The highest BCUT2D eigenvalue weighted by Gasteiger charge is 2.40. The van der Waals surface area contributed by atoms with Crippen LogP contribution in [0.3, 0.4) is 0 Å². The third-order valence-corrected chi connectivity index (χ3v) is 3.70. The van der Waals surface area contributed by atoms with E-state index in [-0.39, 0.29) is 6.10 Å². The Bertz CT molecular complexity index is 187. The Hall–Kier alpha value is -0.0800. The van der Waals surface area contributed by atoms with Gasteiger partial charge in [-0.25, -0.2) is 0 Å². The molecule has 2 nitrogen and oxygen atoms in total. The number of likely N-dealkylation sites (tertiary alicyclic amines) is 1. The summed E-state index contributed by atoms with van der Waals surface area (Å²) in [4.78, 5) is 2.53. The van der Waals surface area contributed by atoms with Crippen LogP contribution in [-0.2, 0) is 0 Å². The van der Waals surface area contributed by atoms with E-state index in [2.05, 4.69) is 11.8 Å². The van der Waals surface area contributed by atoms with E-state index in [0.717, 1.165) is 6.54 Å². The van der Waals surface area contributed by atoms with Crippen molar-refractivity contribution in [2.45, 2.75) is 39.2 Å². The molecule has 2 aliphatic rings. The minimum Gasteiger partial charge on any atom is -0.393 e. The molecule has 1 aliphatic heterocycles. The van der Waals surface area contributed by atoms with Gasteiger partial charge in [-0.15, -0.1) is 0 Å². The summed E-state index contributed by atoms with van der Waals surface area (Å²) in [5.74, 6) is 0.530. The fourth-order valence-corrected chi connectivity index (χ4v) is 2.31. The Morgan fingerprint density at radius 2 is 2.23 bits per heavy atom. The molecule has 2 heteroatoms. The molecule has 1 heterocycles. The lowest BCUT2D eigenvalue weighted by molar-refractivity contribution is 0.125. The molecule has 0 aromatic rings. The fraction of sp³-hybridized carbons (Fsp3) is 1.00. The van der Waals surface area contributed by atoms with Crippen LogP contribution in [0.1, 0.15) is 33.1 Å². The molecule has 0 amide bonds. The van der Waals surface area contributed by atoms with E-state index in [0.29, 0.717) is 11.3 Å². The van der Waals surface area contributed by atoms with Crippen LogP contribution >= 0.6 is 0 Å². The summed E-state index contributed by atoms with van der Waals surface area (Å²) in [7, 11) is 0. The van der Waals surface area contributed by atoms with Crippen molar-refractivity contribution in [3.63, 3.8) is 0 Å². The number of nitrogens with zero attached hydrogens (tertiary/aromatic N) is 1. The van der Waals surface area contributed by atoms with E-state index in [9.17, 15) is 5.11 Å². The maximum Gasteiger partial charge on any atom is 0.0552 e. The Balaban J connectivity index is 1.78. The van der Waals surface area contributed by atoms with Gasteiger partial charge in [-0.2, -0.15) is 0 Å². The maximum absolute atomic E-state index is 9.46. The summed E-state index contributed by atoms with van der Waals surface area (Å²) >= 11 is 0. The molecule has 1 saturated carbocycles. The van der Waals surface area contributed by atoms with E-state index < -0.39 is 0 Å². The Kier molecular flexibility index (Phi) is 2.37. The molecule has 0 bridgehead atoms. The Labute approximate surface area is 80.9 Å². The van der Waals surface area contributed by atoms with Gasteiger partial charge in [0.2, 0.25) is 0 Å². The van der Waals surface area contributed by atoms with Crippen LogP contribution in [0, 0.1) is 11.3 Å². The molecule has 1 saturated heterocycles. The zero-order valence-corrected chi connectivity index (χ0v) is 8.79. The second-order valence-corrected chi connectivity index (χ2v) is 5.34. The molecule has 2 rings (SSSR count). The van der Waals surface area contributed by atoms with Crippen molar-refractivity contribution in [2.24, 2.45) is 11.3 Å². The summed E-state index contributed by atoms with van der Waals surface area (Å²) in [5, 5.41) is 9.46. The van der Waals surface area contributed by atoms with Crippen LogP contribution in [0.25, 0.3) is 0 Å². The highest BCUT2D eigenvalue weighted by atomic mass is 16.3. The molecule has 0 radical (unpaired) electrons. The second-order valence-electron chi connectivity index (χ2n) is 5.34. The van der Waals surface area contributed by atoms with E-state index in [4.69, 9.17) is 0 Å². The van der Waals surface area contributed by atoms with Gasteiger partial charge in [0.05, 0.1) is 6.10 Å². The van der Waals surface area contributed by atoms with Gasteiger partial charge in [0.1, 0.15) is 0 Å². The number of aliphatic hydroxyl groups is 1. The first-order chi connectivity index (χ1) is 6.09. The van der Waals surface area contributed by atoms with Crippen molar-refractivity contribution in [3.05, 3.63) is 0 Å². The quantitative estimate of drug-likeness (QED) is 0.716. The number of aliphatic hydroxyl groups excluding tert-OH is 1. The summed E-state index contributed by atoms with van der Waals surface area (Å²) in [5.41, 5.74) is 0.633. The van der Waals surface area contributed by atoms with Crippen molar-refractivity contribution in [1.82, 2.24) is 4.90 Å². The van der Waals surface area contributed by atoms with Gasteiger partial charge >= 0.3 is 0 Å². The molecule has 13 heavy (non-hydrogen) atoms. The monoisotopic (exact) mass is 183 g/mol. The van der Waals surface area contributed by atoms with Crippen molar-refractivity contribution in [2.75, 3.05) is 19.6 Å². The smallest absolute Gasteiger partial charge is 0.0552 e. The van der Waals surface area contributed by atoms with Crippen molar-refractivity contribution in [1.29, 1.82) is 0 Å². The molecule has 0 aromatic heterocycles. The Morgan fingerprint density at radius 1 is 1.54 bits per heavy atom. The zero-order valence-electron chi connectivity index (χ0n) is 8.79. The molecule has 1 N–H and O–H groups in total. The molecule has 2 fully saturated rings. The second kappa shape index (κ2) is 3.25. The summed E-state index contributed by atoms with van der Waals surface area (Å²) in [6.07, 6.45) is 3.89. The van der Waals surface area contributed by atoms with Crippen molar-refractivity contribution < 1.29 is 5.11 Å². The number of hydrogen-bond acceptors (Lipinski definition) is 2. The van der Waals surface area contributed by atoms with Crippen LogP contribution in [0.15, 0.2) is 0 Å². The highest BCUT2D eigenvalue weighted by Crippen LogP contribution is 2.46. The van der Waals surface area contributed by atoms with E-state index in [1.807, 2.05) is 6.92 Å². The van der Waals surface area contributed by atoms with Gasteiger partial charge in [0.25, 0.3) is 0 Å². The van der Waals surface area contributed by atoms with Crippen LogP contribution in [0.4, 0.5) is 0 Å². The van der Waals surface area contributed by atoms with Crippen LogP contribution in [0.5, 0.6) is 0 Å². The molecule has 0 aromatic carbocycles. The lowest BCUT2D eigenvalue weighted by atomic mass is 10.0. The van der Waals surface area contributed by atoms with E-state index >= 15 is 0 Å². The van der Waals surface area contributed by atoms with Gasteiger partial charge < -0.3 is 10.0 Å². The Morgan fingerprint density at radius 3 is 2.69 bits per heavy atom. The lowest BCUT2D eigenvalue weighted by Gasteiger charge is -2.20. The zero-order chi connectivity index (χ0) is 9.47. The van der Waals surface area contributed by atoms with Gasteiger partial charge in [0, 0.05) is 13.1 Å². The van der Waals surface area contributed by atoms with E-state index in [1.54, 1.807) is 0 Å². The first-order valence-electron chi connectivity index (χ1n) is 5.49. The fourth-order valence-electron chi connectivity index (χ4n) is 2.31. The third-order valence-electron chi connectivity index (χ3n) is 3.70. The average Bonchev–Trinajstić information content (AvgIpc) is 2.62. The van der Waals surface area contributed by atoms with E-state index in [1.165, 1.54) is 32.4 Å². The minimum absolute atomic E-state index is 0.114. The first kappa shape index (κ1) is 9.47. The molecule has 2 atom stereocenters. The number of rotatable bonds is 3. The molecule has 1 aliphatic carbocycles.